The normalized spacial score (nSPS) is 21.1. The minimum Gasteiger partial charge on any atom is -0.345 e. The third-order valence-corrected chi connectivity index (χ3v) is 6.24. The minimum atomic E-state index is -0.351. The maximum atomic E-state index is 13.0. The standard InChI is InChI=1S/C23H30N4O2/c1-16(21-24-15-19(26-21)17-9-4-2-5-10-17)25-22(28)20-13-8-14-27(20)23(29)18-11-6-3-7-12-18/h2,4-5,9-10,15-16,18,20H,3,6-8,11-14H2,1H3,(H,24,26)(H,25,28). The number of aromatic nitrogens is 2. The predicted octanol–water partition coefficient (Wildman–Crippen LogP) is 3.83. The van der Waals surface area contributed by atoms with Gasteiger partial charge in [0.25, 0.3) is 0 Å². The molecular weight excluding hydrogens is 364 g/mol. The van der Waals surface area contributed by atoms with Gasteiger partial charge in [0.1, 0.15) is 11.9 Å². The molecule has 1 saturated carbocycles. The second-order valence-electron chi connectivity index (χ2n) is 8.30. The number of benzene rings is 1. The maximum Gasteiger partial charge on any atom is 0.243 e. The van der Waals surface area contributed by atoms with Gasteiger partial charge in [0.05, 0.1) is 17.9 Å². The Kier molecular flexibility index (Phi) is 5.97. The van der Waals surface area contributed by atoms with Gasteiger partial charge in [-0.25, -0.2) is 4.98 Å². The Hall–Kier alpha value is -2.63. The van der Waals surface area contributed by atoms with Crippen LogP contribution in [0.1, 0.15) is 63.7 Å². The summed E-state index contributed by atoms with van der Waals surface area (Å²) in [6.45, 7) is 2.62. The van der Waals surface area contributed by atoms with Crippen molar-refractivity contribution < 1.29 is 9.59 Å². The van der Waals surface area contributed by atoms with E-state index < -0.39 is 0 Å². The van der Waals surface area contributed by atoms with Gasteiger partial charge < -0.3 is 15.2 Å². The number of likely N-dealkylation sites (tertiary alicyclic amines) is 1. The van der Waals surface area contributed by atoms with Crippen molar-refractivity contribution in [1.29, 1.82) is 0 Å². The highest BCUT2D eigenvalue weighted by Gasteiger charge is 2.37. The SMILES string of the molecule is CC(NC(=O)C1CCCN1C(=O)C1CCCCC1)c1ncc(-c2ccccc2)[nH]1. The monoisotopic (exact) mass is 394 g/mol. The second kappa shape index (κ2) is 8.80. The first-order chi connectivity index (χ1) is 14.1. The van der Waals surface area contributed by atoms with Gasteiger partial charge in [-0.1, -0.05) is 49.6 Å². The molecule has 1 aliphatic heterocycles. The van der Waals surface area contributed by atoms with E-state index >= 15 is 0 Å². The second-order valence-corrected chi connectivity index (χ2v) is 8.30. The Bertz CT molecular complexity index is 842. The highest BCUT2D eigenvalue weighted by atomic mass is 16.2. The summed E-state index contributed by atoms with van der Waals surface area (Å²) in [6, 6.07) is 9.40. The van der Waals surface area contributed by atoms with Crippen LogP contribution in [0.3, 0.4) is 0 Å². The number of carbonyl (C=O) groups excluding carboxylic acids is 2. The highest BCUT2D eigenvalue weighted by Crippen LogP contribution is 2.29. The highest BCUT2D eigenvalue weighted by molar-refractivity contribution is 5.89. The third-order valence-electron chi connectivity index (χ3n) is 6.24. The average molecular weight is 395 g/mol. The summed E-state index contributed by atoms with van der Waals surface area (Å²) in [5.74, 6) is 0.935. The molecule has 1 aliphatic carbocycles. The van der Waals surface area contributed by atoms with Crippen molar-refractivity contribution in [3.05, 3.63) is 42.4 Å². The number of rotatable bonds is 5. The first-order valence-corrected chi connectivity index (χ1v) is 10.8. The molecule has 6 nitrogen and oxygen atoms in total. The molecule has 2 fully saturated rings. The molecule has 6 heteroatoms. The lowest BCUT2D eigenvalue weighted by atomic mass is 9.88. The van der Waals surface area contributed by atoms with Crippen molar-refractivity contribution in [3.8, 4) is 11.3 Å². The van der Waals surface area contributed by atoms with E-state index in [-0.39, 0.29) is 29.8 Å². The van der Waals surface area contributed by atoms with Crippen LogP contribution in [0.5, 0.6) is 0 Å². The smallest absolute Gasteiger partial charge is 0.243 e. The van der Waals surface area contributed by atoms with Crippen molar-refractivity contribution in [2.45, 2.75) is 64.0 Å². The number of H-pyrrole nitrogens is 1. The van der Waals surface area contributed by atoms with Crippen molar-refractivity contribution in [2.75, 3.05) is 6.54 Å². The van der Waals surface area contributed by atoms with Crippen LogP contribution in [-0.2, 0) is 9.59 Å². The van der Waals surface area contributed by atoms with Crippen LogP contribution in [0.4, 0.5) is 0 Å². The van der Waals surface area contributed by atoms with Crippen LogP contribution in [0.2, 0.25) is 0 Å². The molecule has 0 spiro atoms. The van der Waals surface area contributed by atoms with E-state index in [1.54, 1.807) is 6.20 Å². The first kappa shape index (κ1) is 19.7. The van der Waals surface area contributed by atoms with Gasteiger partial charge in [-0.3, -0.25) is 9.59 Å². The number of hydrogen-bond donors (Lipinski definition) is 2. The summed E-state index contributed by atoms with van der Waals surface area (Å²) >= 11 is 0. The minimum absolute atomic E-state index is 0.0724. The molecular formula is C23H30N4O2. The molecule has 2 unspecified atom stereocenters. The lowest BCUT2D eigenvalue weighted by Gasteiger charge is -2.30. The van der Waals surface area contributed by atoms with Gasteiger partial charge in [0.2, 0.25) is 11.8 Å². The van der Waals surface area contributed by atoms with Crippen LogP contribution < -0.4 is 5.32 Å². The Labute approximate surface area is 172 Å². The average Bonchev–Trinajstić information content (AvgIpc) is 3.44. The molecule has 0 bridgehead atoms. The molecule has 2 aliphatic rings. The molecule has 1 aromatic heterocycles. The molecule has 2 amide bonds. The molecule has 2 aromatic rings. The quantitative estimate of drug-likeness (QED) is 0.809. The van der Waals surface area contributed by atoms with Crippen LogP contribution in [0.15, 0.2) is 36.5 Å². The van der Waals surface area contributed by atoms with Crippen LogP contribution >= 0.6 is 0 Å². The number of carbonyl (C=O) groups is 2. The van der Waals surface area contributed by atoms with Crippen molar-refractivity contribution >= 4 is 11.8 Å². The molecule has 4 rings (SSSR count). The van der Waals surface area contributed by atoms with Gasteiger partial charge in [-0.2, -0.15) is 0 Å². The number of amides is 2. The molecule has 1 aromatic carbocycles. The molecule has 29 heavy (non-hydrogen) atoms. The van der Waals surface area contributed by atoms with Crippen molar-refractivity contribution in [1.82, 2.24) is 20.2 Å². The number of imidazole rings is 1. The zero-order valence-corrected chi connectivity index (χ0v) is 17.1. The largest absolute Gasteiger partial charge is 0.345 e. The molecule has 0 radical (unpaired) electrons. The maximum absolute atomic E-state index is 13.0. The fraction of sp³-hybridized carbons (Fsp3) is 0.522. The Morgan fingerprint density at radius 3 is 2.62 bits per heavy atom. The molecule has 2 heterocycles. The summed E-state index contributed by atoms with van der Waals surface area (Å²) < 4.78 is 0. The van der Waals surface area contributed by atoms with Crippen molar-refractivity contribution in [3.63, 3.8) is 0 Å². The van der Waals surface area contributed by atoms with Gasteiger partial charge in [0.15, 0.2) is 0 Å². The van der Waals surface area contributed by atoms with Gasteiger partial charge in [0, 0.05) is 12.5 Å². The van der Waals surface area contributed by atoms with Crippen LogP contribution in [-0.4, -0.2) is 39.3 Å². The topological polar surface area (TPSA) is 78.1 Å². The molecule has 2 N–H and O–H groups in total. The zero-order chi connectivity index (χ0) is 20.2. The molecule has 2 atom stereocenters. The number of nitrogens with one attached hydrogen (secondary N) is 2. The number of aromatic amines is 1. The summed E-state index contributed by atoms with van der Waals surface area (Å²) in [5, 5.41) is 3.06. The summed E-state index contributed by atoms with van der Waals surface area (Å²) in [6.07, 6.45) is 8.83. The van der Waals surface area contributed by atoms with Gasteiger partial charge in [-0.15, -0.1) is 0 Å². The summed E-state index contributed by atoms with van der Waals surface area (Å²) in [5.41, 5.74) is 1.99. The third kappa shape index (κ3) is 4.36. The summed E-state index contributed by atoms with van der Waals surface area (Å²) in [7, 11) is 0. The lowest BCUT2D eigenvalue weighted by molar-refractivity contribution is -0.142. The molecule has 154 valence electrons. The summed E-state index contributed by atoms with van der Waals surface area (Å²) in [4.78, 5) is 35.5. The van der Waals surface area contributed by atoms with Crippen LogP contribution in [0, 0.1) is 5.92 Å². The Morgan fingerprint density at radius 1 is 1.10 bits per heavy atom. The van der Waals surface area contributed by atoms with E-state index in [2.05, 4.69) is 15.3 Å². The van der Waals surface area contributed by atoms with Crippen LogP contribution in [0.25, 0.3) is 11.3 Å². The lowest BCUT2D eigenvalue weighted by Crippen LogP contribution is -2.48. The van der Waals surface area contributed by atoms with Gasteiger partial charge in [-0.05, 0) is 38.2 Å². The number of nitrogens with zero attached hydrogens (tertiary/aromatic N) is 2. The fourth-order valence-corrected chi connectivity index (χ4v) is 4.59. The van der Waals surface area contributed by atoms with Gasteiger partial charge >= 0.3 is 0 Å². The van der Waals surface area contributed by atoms with E-state index in [1.807, 2.05) is 42.2 Å². The van der Waals surface area contributed by atoms with E-state index in [4.69, 9.17) is 0 Å². The Morgan fingerprint density at radius 2 is 1.86 bits per heavy atom. The van der Waals surface area contributed by atoms with E-state index in [0.29, 0.717) is 6.54 Å². The predicted molar refractivity (Wildman–Crippen MR) is 112 cm³/mol. The fourth-order valence-electron chi connectivity index (χ4n) is 4.59. The zero-order valence-electron chi connectivity index (χ0n) is 17.1. The molecule has 1 saturated heterocycles. The number of hydrogen-bond acceptors (Lipinski definition) is 3. The van der Waals surface area contributed by atoms with E-state index in [1.165, 1.54) is 6.42 Å². The first-order valence-electron chi connectivity index (χ1n) is 10.8. The van der Waals surface area contributed by atoms with E-state index in [9.17, 15) is 9.59 Å². The Balaban J connectivity index is 1.39. The van der Waals surface area contributed by atoms with E-state index in [0.717, 1.165) is 55.6 Å². The van der Waals surface area contributed by atoms with Crippen molar-refractivity contribution in [2.24, 2.45) is 5.92 Å².